The average Bonchev–Trinajstić information content (AvgIpc) is 3.38. The number of fused-ring (bicyclic) bond motifs is 2. The van der Waals surface area contributed by atoms with Crippen LogP contribution in [-0.4, -0.2) is 22.7 Å². The molecule has 198 valence electrons. The van der Waals surface area contributed by atoms with Crippen LogP contribution in [0.4, 0.5) is 0 Å². The van der Waals surface area contributed by atoms with E-state index in [-0.39, 0.29) is 5.69 Å². The molecule has 0 saturated heterocycles. The van der Waals surface area contributed by atoms with Crippen LogP contribution in [0.1, 0.15) is 33.6 Å². The summed E-state index contributed by atoms with van der Waals surface area (Å²) in [7, 11) is 0. The second-order valence-electron chi connectivity index (χ2n) is 10.1. The molecule has 0 amide bonds. The number of carboxylic acid groups (broad SMARTS) is 1. The van der Waals surface area contributed by atoms with Gasteiger partial charge in [-0.2, -0.15) is 0 Å². The van der Waals surface area contributed by atoms with Crippen molar-refractivity contribution in [2.75, 3.05) is 6.61 Å². The van der Waals surface area contributed by atoms with Crippen LogP contribution in [0.5, 0.6) is 5.75 Å². The molecule has 0 aliphatic heterocycles. The van der Waals surface area contributed by atoms with Crippen LogP contribution in [0.15, 0.2) is 115 Å². The van der Waals surface area contributed by atoms with Gasteiger partial charge < -0.3 is 14.8 Å². The van der Waals surface area contributed by atoms with Gasteiger partial charge >= 0.3 is 5.97 Å². The van der Waals surface area contributed by atoms with Gasteiger partial charge in [-0.05, 0) is 65.0 Å². The van der Waals surface area contributed by atoms with Crippen molar-refractivity contribution in [1.82, 2.24) is 4.98 Å². The first-order valence-electron chi connectivity index (χ1n) is 13.8. The number of aromatic amines is 1. The molecule has 1 aromatic heterocycles. The summed E-state index contributed by atoms with van der Waals surface area (Å²) in [5.41, 5.74) is 6.84. The number of hydrogen-bond donors (Lipinski definition) is 2. The second kappa shape index (κ2) is 11.5. The summed E-state index contributed by atoms with van der Waals surface area (Å²) in [6.07, 6.45) is 3.02. The maximum Gasteiger partial charge on any atom is 0.352 e. The maximum absolute atomic E-state index is 12.2. The fourth-order valence-corrected chi connectivity index (χ4v) is 5.55. The van der Waals surface area contributed by atoms with Gasteiger partial charge in [-0.25, -0.2) is 4.79 Å². The van der Waals surface area contributed by atoms with E-state index >= 15 is 0 Å². The SMILES string of the molecule is O=C(O)c1[nH]c2c(CCc3cccc(-c4ccccc4)c3)cccc2c1CCCOc1cccc2ccccc12. The summed E-state index contributed by atoms with van der Waals surface area (Å²) < 4.78 is 6.13. The minimum atomic E-state index is -0.928. The van der Waals surface area contributed by atoms with Crippen LogP contribution in [0.2, 0.25) is 0 Å². The Kier molecular flexibility index (Phi) is 7.32. The number of ether oxygens (including phenoxy) is 1. The molecule has 6 rings (SSSR count). The van der Waals surface area contributed by atoms with Gasteiger partial charge in [-0.3, -0.25) is 0 Å². The lowest BCUT2D eigenvalue weighted by molar-refractivity contribution is 0.0690. The van der Waals surface area contributed by atoms with E-state index in [2.05, 4.69) is 77.8 Å². The number of carbonyl (C=O) groups is 1. The Morgan fingerprint density at radius 1 is 0.700 bits per heavy atom. The standard InChI is InChI=1S/C36H31NO3/c38-36(39)35-32(19-9-23-40-33-20-8-14-27-13-4-5-17-30(27)33)31-18-7-15-28(34(31)37-35)22-21-25-10-6-16-29(24-25)26-11-2-1-3-12-26/h1-8,10-18,20,24,37H,9,19,21-23H2,(H,38,39). The fourth-order valence-electron chi connectivity index (χ4n) is 5.55. The molecule has 6 aromatic rings. The third-order valence-electron chi connectivity index (χ3n) is 7.54. The number of aromatic nitrogens is 1. The third kappa shape index (κ3) is 5.34. The van der Waals surface area contributed by atoms with E-state index < -0.39 is 5.97 Å². The van der Waals surface area contributed by atoms with Crippen molar-refractivity contribution >= 4 is 27.6 Å². The number of para-hydroxylation sites is 1. The largest absolute Gasteiger partial charge is 0.493 e. The van der Waals surface area contributed by atoms with Gasteiger partial charge in [-0.1, -0.05) is 109 Å². The molecule has 0 radical (unpaired) electrons. The van der Waals surface area contributed by atoms with Gasteiger partial charge in [0.1, 0.15) is 11.4 Å². The fraction of sp³-hybridized carbons (Fsp3) is 0.139. The molecular weight excluding hydrogens is 494 g/mol. The summed E-state index contributed by atoms with van der Waals surface area (Å²) in [5, 5.41) is 13.2. The van der Waals surface area contributed by atoms with Gasteiger partial charge in [-0.15, -0.1) is 0 Å². The quantitative estimate of drug-likeness (QED) is 0.176. The van der Waals surface area contributed by atoms with Gasteiger partial charge in [0.05, 0.1) is 6.61 Å². The lowest BCUT2D eigenvalue weighted by atomic mass is 9.97. The zero-order valence-electron chi connectivity index (χ0n) is 22.3. The molecule has 1 heterocycles. The highest BCUT2D eigenvalue weighted by Gasteiger charge is 2.18. The molecular formula is C36H31NO3. The summed E-state index contributed by atoms with van der Waals surface area (Å²) in [6.45, 7) is 0.511. The third-order valence-corrected chi connectivity index (χ3v) is 7.54. The maximum atomic E-state index is 12.2. The van der Waals surface area contributed by atoms with E-state index in [1.807, 2.05) is 42.5 Å². The van der Waals surface area contributed by atoms with Crippen molar-refractivity contribution in [1.29, 1.82) is 0 Å². The summed E-state index contributed by atoms with van der Waals surface area (Å²) in [6, 6.07) is 39.4. The van der Waals surface area contributed by atoms with E-state index in [0.29, 0.717) is 19.4 Å². The monoisotopic (exact) mass is 525 g/mol. The zero-order chi connectivity index (χ0) is 27.3. The molecule has 0 saturated carbocycles. The predicted molar refractivity (Wildman–Crippen MR) is 162 cm³/mol. The molecule has 40 heavy (non-hydrogen) atoms. The molecule has 0 unspecified atom stereocenters. The average molecular weight is 526 g/mol. The van der Waals surface area contributed by atoms with Crippen LogP contribution in [0.3, 0.4) is 0 Å². The number of carboxylic acids is 1. The Morgan fingerprint density at radius 3 is 2.30 bits per heavy atom. The Bertz CT molecular complexity index is 1780. The Labute approximate surface area is 233 Å². The van der Waals surface area contributed by atoms with E-state index in [4.69, 9.17) is 4.74 Å². The number of benzene rings is 5. The smallest absolute Gasteiger partial charge is 0.352 e. The summed E-state index contributed by atoms with van der Waals surface area (Å²) in [5.74, 6) is -0.0724. The van der Waals surface area contributed by atoms with Crippen LogP contribution in [0, 0.1) is 0 Å². The zero-order valence-corrected chi connectivity index (χ0v) is 22.3. The highest BCUT2D eigenvalue weighted by molar-refractivity contribution is 5.98. The van der Waals surface area contributed by atoms with Gasteiger partial charge in [0.2, 0.25) is 0 Å². The molecule has 0 aliphatic rings. The van der Waals surface area contributed by atoms with Gasteiger partial charge in [0.25, 0.3) is 0 Å². The molecule has 0 atom stereocenters. The van der Waals surface area contributed by atoms with Gasteiger partial charge in [0, 0.05) is 16.3 Å². The first-order chi connectivity index (χ1) is 19.7. The Balaban J connectivity index is 1.18. The Morgan fingerprint density at radius 2 is 1.43 bits per heavy atom. The molecule has 4 nitrogen and oxygen atoms in total. The van der Waals surface area contributed by atoms with E-state index in [0.717, 1.165) is 51.4 Å². The predicted octanol–water partition coefficient (Wildman–Crippen LogP) is 8.48. The Hall–Kier alpha value is -4.83. The molecule has 2 N–H and O–H groups in total. The van der Waals surface area contributed by atoms with Crippen LogP contribution >= 0.6 is 0 Å². The minimum Gasteiger partial charge on any atom is -0.493 e. The first-order valence-corrected chi connectivity index (χ1v) is 13.8. The van der Waals surface area contributed by atoms with Crippen molar-refractivity contribution in [3.05, 3.63) is 138 Å². The first kappa shape index (κ1) is 25.4. The number of hydrogen-bond acceptors (Lipinski definition) is 2. The van der Waals surface area contributed by atoms with Crippen molar-refractivity contribution in [3.63, 3.8) is 0 Å². The van der Waals surface area contributed by atoms with Crippen LogP contribution < -0.4 is 4.74 Å². The number of aryl methyl sites for hydroxylation is 3. The molecule has 0 aliphatic carbocycles. The van der Waals surface area contributed by atoms with E-state index in [1.165, 1.54) is 16.7 Å². The number of nitrogens with one attached hydrogen (secondary N) is 1. The van der Waals surface area contributed by atoms with Crippen LogP contribution in [0.25, 0.3) is 32.8 Å². The van der Waals surface area contributed by atoms with Crippen molar-refractivity contribution < 1.29 is 14.6 Å². The minimum absolute atomic E-state index is 0.277. The van der Waals surface area contributed by atoms with Crippen LogP contribution in [-0.2, 0) is 19.3 Å². The molecule has 0 fully saturated rings. The topological polar surface area (TPSA) is 62.3 Å². The van der Waals surface area contributed by atoms with Crippen molar-refractivity contribution in [3.8, 4) is 16.9 Å². The lowest BCUT2D eigenvalue weighted by Gasteiger charge is -2.10. The van der Waals surface area contributed by atoms with Crippen molar-refractivity contribution in [2.24, 2.45) is 0 Å². The normalized spacial score (nSPS) is 11.2. The number of H-pyrrole nitrogens is 1. The van der Waals surface area contributed by atoms with E-state index in [9.17, 15) is 9.90 Å². The molecule has 0 bridgehead atoms. The number of rotatable bonds is 10. The van der Waals surface area contributed by atoms with Gasteiger partial charge in [0.15, 0.2) is 0 Å². The summed E-state index contributed by atoms with van der Waals surface area (Å²) >= 11 is 0. The highest BCUT2D eigenvalue weighted by Crippen LogP contribution is 2.29. The molecule has 5 aromatic carbocycles. The highest BCUT2D eigenvalue weighted by atomic mass is 16.5. The lowest BCUT2D eigenvalue weighted by Crippen LogP contribution is -2.04. The molecule has 4 heteroatoms. The van der Waals surface area contributed by atoms with E-state index in [1.54, 1.807) is 0 Å². The summed E-state index contributed by atoms with van der Waals surface area (Å²) in [4.78, 5) is 15.4. The number of aromatic carboxylic acids is 1. The molecule has 0 spiro atoms. The second-order valence-corrected chi connectivity index (χ2v) is 10.1. The van der Waals surface area contributed by atoms with Crippen molar-refractivity contribution in [2.45, 2.75) is 25.7 Å².